The third-order valence-electron chi connectivity index (χ3n) is 2.95. The molecular weight excluding hydrogens is 448 g/mol. The van der Waals surface area contributed by atoms with Gasteiger partial charge in [-0.05, 0) is 6.92 Å². The molecule has 8 nitrogen and oxygen atoms in total. The predicted octanol–water partition coefficient (Wildman–Crippen LogP) is 3.09. The Labute approximate surface area is 244 Å². The van der Waals surface area contributed by atoms with Crippen molar-refractivity contribution in [3.8, 4) is 0 Å². The van der Waals surface area contributed by atoms with Crippen LogP contribution in [0.4, 0.5) is 9.59 Å². The second-order valence-corrected chi connectivity index (χ2v) is 5.56. The Morgan fingerprint density at radius 1 is 1.00 bits per heavy atom. The largest absolute Gasteiger partial charge is 0.443 e. The van der Waals surface area contributed by atoms with E-state index in [-0.39, 0.29) is 115 Å². The molecule has 180 valence electrons. The molecule has 3 N–H and O–H groups in total. The summed E-state index contributed by atoms with van der Waals surface area (Å²) in [5.41, 5.74) is 5.25. The van der Waals surface area contributed by atoms with Crippen molar-refractivity contribution < 1.29 is 94.5 Å². The summed E-state index contributed by atoms with van der Waals surface area (Å²) in [4.78, 5) is 25.2. The minimum absolute atomic E-state index is 0. The molecule has 2 aliphatic rings. The molecule has 0 bridgehead atoms. The van der Waals surface area contributed by atoms with Crippen LogP contribution in [0.3, 0.4) is 0 Å². The van der Waals surface area contributed by atoms with E-state index in [0.717, 1.165) is 4.99 Å². The van der Waals surface area contributed by atoms with Crippen molar-refractivity contribution in [2.45, 2.75) is 61.7 Å². The van der Waals surface area contributed by atoms with Gasteiger partial charge in [-0.1, -0.05) is 54.8 Å². The third kappa shape index (κ3) is 20.6. The number of nitrogens with zero attached hydrogens (tertiary/aromatic N) is 2. The van der Waals surface area contributed by atoms with Gasteiger partial charge in [0.2, 0.25) is 0 Å². The number of hydrogen-bond acceptors (Lipinski definition) is 6. The van der Waals surface area contributed by atoms with Crippen LogP contribution in [0.25, 0.3) is 0 Å². The molecule has 2 aliphatic heterocycles. The molecule has 2 atom stereocenters. The van der Waals surface area contributed by atoms with Crippen molar-refractivity contribution in [3.63, 3.8) is 0 Å². The molecular formula is C18H42Ar2N4O4S. The summed E-state index contributed by atoms with van der Waals surface area (Å²) < 4.78 is 9.77. The van der Waals surface area contributed by atoms with Crippen molar-refractivity contribution in [2.24, 2.45) is 5.73 Å². The minimum Gasteiger partial charge on any atom is -0.443 e. The second-order valence-electron chi connectivity index (χ2n) is 4.95. The zero-order valence-corrected chi connectivity index (χ0v) is 19.4. The molecule has 2 fully saturated rings. The number of nitrogens with two attached hydrogens (primary N) is 1. The molecule has 11 heteroatoms. The van der Waals surface area contributed by atoms with Crippen LogP contribution in [0.5, 0.6) is 0 Å². The molecule has 29 heavy (non-hydrogen) atoms. The first-order valence-corrected chi connectivity index (χ1v) is 9.02. The van der Waals surface area contributed by atoms with Crippen LogP contribution >= 0.6 is 12.2 Å². The van der Waals surface area contributed by atoms with E-state index in [1.54, 1.807) is 25.9 Å². The molecule has 0 saturated carbocycles. The molecule has 2 rings (SSSR count). The fraction of sp³-hybridized carbons (Fsp3) is 0.833. The normalized spacial score (nSPS) is 17.9. The van der Waals surface area contributed by atoms with Gasteiger partial charge in [0, 0.05) is 96.1 Å². The molecule has 0 aromatic carbocycles. The Morgan fingerprint density at radius 3 is 1.55 bits per heavy atom. The zero-order chi connectivity index (χ0) is 20.0. The molecule has 2 heterocycles. The van der Waals surface area contributed by atoms with Crippen LogP contribution in [0, 0.1) is 75.5 Å². The van der Waals surface area contributed by atoms with Crippen LogP contribution in [-0.4, -0.2) is 79.5 Å². The van der Waals surface area contributed by atoms with E-state index < -0.39 is 0 Å². The topological polar surface area (TPSA) is 97.1 Å². The Kier molecular flexibility index (Phi) is 40.6. The van der Waals surface area contributed by atoms with Gasteiger partial charge in [-0.2, -0.15) is 0 Å². The molecule has 2 amide bonds. The van der Waals surface area contributed by atoms with Crippen LogP contribution in [0.1, 0.15) is 49.5 Å². The quantitative estimate of drug-likeness (QED) is 0.587. The van der Waals surface area contributed by atoms with Crippen molar-refractivity contribution in [3.05, 3.63) is 0 Å². The van der Waals surface area contributed by atoms with Gasteiger partial charge in [0.25, 0.3) is 0 Å². The fourth-order valence-corrected chi connectivity index (χ4v) is 1.87. The Balaban J connectivity index is -0.0000000707. The number of cyclic esters (lactones) is 2. The average molecular weight is 491 g/mol. The SMILES string of the molecule is C.C.CC.CC.CC(=S)NCC1CN(C)C(=O)O1.CN1CC(CN)OC1=O.[Ar].[Ar]. The minimum atomic E-state index is -0.273. The predicted molar refractivity (Wildman–Crippen MR) is 117 cm³/mol. The van der Waals surface area contributed by atoms with Crippen LogP contribution in [0.15, 0.2) is 0 Å². The van der Waals surface area contributed by atoms with Crippen LogP contribution in [-0.2, 0) is 9.47 Å². The van der Waals surface area contributed by atoms with Gasteiger partial charge in [0.15, 0.2) is 0 Å². The first kappa shape index (κ1) is 43.7. The molecule has 0 aromatic rings. The summed E-state index contributed by atoms with van der Waals surface area (Å²) in [6, 6.07) is 0. The van der Waals surface area contributed by atoms with Crippen LogP contribution < -0.4 is 11.1 Å². The molecule has 2 saturated heterocycles. The second kappa shape index (κ2) is 26.9. The molecule has 0 aromatic heterocycles. The maximum absolute atomic E-state index is 10.9. The van der Waals surface area contributed by atoms with Crippen molar-refractivity contribution in [2.75, 3.05) is 40.3 Å². The monoisotopic (exact) mass is 490 g/mol. The number of likely N-dealkylation sites (N-methyl/N-ethyl adjacent to an activating group) is 2. The van der Waals surface area contributed by atoms with E-state index in [2.05, 4.69) is 5.32 Å². The van der Waals surface area contributed by atoms with E-state index >= 15 is 0 Å². The maximum Gasteiger partial charge on any atom is 0.410 e. The van der Waals surface area contributed by atoms with Gasteiger partial charge in [-0.15, -0.1) is 0 Å². The number of carbonyl (C=O) groups is 2. The standard InChI is InChI=1S/C7H12N2O2S.C5H10N2O2.2C2H6.2CH4.2Ar/c1-5(12)8-3-6-4-9(2)7(10)11-6;1-7-3-4(2-6)9-5(7)8;2*1-2;;;;/h6H,3-4H2,1-2H3,(H,8,12);4H,2-3,6H2,1H3;2*1-2H3;2*1H4;;. The summed E-state index contributed by atoms with van der Waals surface area (Å²) in [6.45, 7) is 12.1. The number of carbonyl (C=O) groups excluding carboxylic acids is 2. The van der Waals surface area contributed by atoms with E-state index in [1.807, 2.05) is 27.7 Å². The van der Waals surface area contributed by atoms with Gasteiger partial charge in [-0.3, -0.25) is 0 Å². The van der Waals surface area contributed by atoms with Crippen molar-refractivity contribution in [1.82, 2.24) is 15.1 Å². The molecule has 2 unspecified atom stereocenters. The van der Waals surface area contributed by atoms with Gasteiger partial charge < -0.3 is 30.3 Å². The number of thiocarbonyl (C=S) groups is 1. The Hall–Kier alpha value is 0.909. The number of amides is 2. The maximum atomic E-state index is 10.9. The number of hydrogen-bond donors (Lipinski definition) is 2. The molecule has 0 radical (unpaired) electrons. The van der Waals surface area contributed by atoms with Crippen molar-refractivity contribution in [1.29, 1.82) is 0 Å². The van der Waals surface area contributed by atoms with Crippen LogP contribution in [0.2, 0.25) is 0 Å². The fourth-order valence-electron chi connectivity index (χ4n) is 1.79. The first-order chi connectivity index (χ1) is 11.8. The van der Waals surface area contributed by atoms with Gasteiger partial charge in [0.05, 0.1) is 24.6 Å². The first-order valence-electron chi connectivity index (χ1n) is 8.61. The number of rotatable bonds is 3. The third-order valence-corrected chi connectivity index (χ3v) is 3.10. The Bertz CT molecular complexity index is 421. The van der Waals surface area contributed by atoms with E-state index in [1.165, 1.54) is 4.90 Å². The molecule has 0 aliphatic carbocycles. The van der Waals surface area contributed by atoms with E-state index in [9.17, 15) is 9.59 Å². The van der Waals surface area contributed by atoms with Crippen molar-refractivity contribution >= 4 is 29.4 Å². The summed E-state index contributed by atoms with van der Waals surface area (Å²) in [5, 5.41) is 2.96. The summed E-state index contributed by atoms with van der Waals surface area (Å²) in [6.07, 6.45) is -0.697. The Morgan fingerprint density at radius 2 is 1.34 bits per heavy atom. The number of ether oxygens (including phenoxy) is 2. The molecule has 0 spiro atoms. The summed E-state index contributed by atoms with van der Waals surface area (Å²) >= 11 is 4.82. The smallest absolute Gasteiger partial charge is 0.410 e. The van der Waals surface area contributed by atoms with Gasteiger partial charge in [0.1, 0.15) is 12.2 Å². The summed E-state index contributed by atoms with van der Waals surface area (Å²) in [5.74, 6) is 0. The average Bonchev–Trinajstić information content (AvgIpc) is 3.11. The van der Waals surface area contributed by atoms with E-state index in [4.69, 9.17) is 27.4 Å². The van der Waals surface area contributed by atoms with E-state index in [0.29, 0.717) is 26.2 Å². The zero-order valence-electron chi connectivity index (χ0n) is 17.2. The number of nitrogens with one attached hydrogen (secondary N) is 1. The van der Waals surface area contributed by atoms with Gasteiger partial charge >= 0.3 is 12.2 Å². The van der Waals surface area contributed by atoms with Gasteiger partial charge in [-0.25, -0.2) is 9.59 Å². The summed E-state index contributed by atoms with van der Waals surface area (Å²) in [7, 11) is 3.41.